The number of hydrogen-bond acceptors (Lipinski definition) is 4. The number of anilines is 1. The van der Waals surface area contributed by atoms with Gasteiger partial charge in [-0.05, 0) is 24.3 Å². The molecule has 4 rings (SSSR count). The van der Waals surface area contributed by atoms with Crippen molar-refractivity contribution in [1.29, 1.82) is 0 Å². The molecule has 1 aliphatic heterocycles. The van der Waals surface area contributed by atoms with Crippen LogP contribution in [0.3, 0.4) is 0 Å². The minimum atomic E-state index is -0.378. The van der Waals surface area contributed by atoms with E-state index in [4.69, 9.17) is 0 Å². The first-order valence-corrected chi connectivity index (χ1v) is 10.1. The van der Waals surface area contributed by atoms with E-state index in [9.17, 15) is 9.59 Å². The summed E-state index contributed by atoms with van der Waals surface area (Å²) in [5.41, 5.74) is 3.32. The highest BCUT2D eigenvalue weighted by atomic mass is 79.9. The van der Waals surface area contributed by atoms with Crippen molar-refractivity contribution in [1.82, 2.24) is 15.3 Å². The third-order valence-electron chi connectivity index (χ3n) is 4.85. The van der Waals surface area contributed by atoms with Crippen LogP contribution in [0.1, 0.15) is 12.1 Å². The topological polar surface area (TPSA) is 75.2 Å². The number of nitrogens with zero attached hydrogens (tertiary/aromatic N) is 3. The first-order chi connectivity index (χ1) is 14.1. The van der Waals surface area contributed by atoms with Gasteiger partial charge in [-0.1, -0.05) is 52.3 Å². The smallest absolute Gasteiger partial charge is 0.227 e. The van der Waals surface area contributed by atoms with E-state index in [-0.39, 0.29) is 24.2 Å². The second-order valence-electron chi connectivity index (χ2n) is 6.86. The first kappa shape index (κ1) is 19.3. The molecule has 1 aliphatic rings. The van der Waals surface area contributed by atoms with Crippen LogP contribution < -0.4 is 10.2 Å². The van der Waals surface area contributed by atoms with Crippen molar-refractivity contribution in [2.24, 2.45) is 5.92 Å². The quantitative estimate of drug-likeness (QED) is 0.644. The Morgan fingerprint density at radius 3 is 2.72 bits per heavy atom. The van der Waals surface area contributed by atoms with Crippen LogP contribution in [-0.2, 0) is 16.1 Å². The predicted octanol–water partition coefficient (Wildman–Crippen LogP) is 3.58. The minimum Gasteiger partial charge on any atom is -0.350 e. The highest BCUT2D eigenvalue weighted by Crippen LogP contribution is 2.27. The number of benzene rings is 2. The number of amides is 2. The van der Waals surface area contributed by atoms with Crippen LogP contribution in [0.4, 0.5) is 5.69 Å². The van der Waals surface area contributed by atoms with Crippen LogP contribution in [0.2, 0.25) is 0 Å². The van der Waals surface area contributed by atoms with E-state index in [0.717, 1.165) is 27.1 Å². The molecule has 0 saturated carbocycles. The SMILES string of the molecule is O=C(NCc1cc(-c2ccccc2)ncn1)C1CC(=O)N(c2cccc(Br)c2)C1. The maximum atomic E-state index is 12.6. The first-order valence-electron chi connectivity index (χ1n) is 9.30. The summed E-state index contributed by atoms with van der Waals surface area (Å²) >= 11 is 3.42. The molecule has 0 spiro atoms. The summed E-state index contributed by atoms with van der Waals surface area (Å²) in [6.07, 6.45) is 1.70. The van der Waals surface area contributed by atoms with Gasteiger partial charge in [0.2, 0.25) is 11.8 Å². The summed E-state index contributed by atoms with van der Waals surface area (Å²) in [5, 5.41) is 2.91. The number of carbonyl (C=O) groups excluding carboxylic acids is 2. The molecule has 0 radical (unpaired) electrons. The molecule has 0 bridgehead atoms. The highest BCUT2D eigenvalue weighted by molar-refractivity contribution is 9.10. The van der Waals surface area contributed by atoms with Gasteiger partial charge in [0.1, 0.15) is 6.33 Å². The van der Waals surface area contributed by atoms with E-state index in [2.05, 4.69) is 31.2 Å². The van der Waals surface area contributed by atoms with Crippen LogP contribution in [0.25, 0.3) is 11.3 Å². The van der Waals surface area contributed by atoms with Crippen LogP contribution in [0.15, 0.2) is 71.5 Å². The molecule has 3 aromatic rings. The monoisotopic (exact) mass is 450 g/mol. The molecule has 1 unspecified atom stereocenters. The number of aromatic nitrogens is 2. The second-order valence-corrected chi connectivity index (χ2v) is 7.78. The minimum absolute atomic E-state index is 0.0448. The Bertz CT molecular complexity index is 1040. The van der Waals surface area contributed by atoms with Gasteiger partial charge in [0.05, 0.1) is 23.9 Å². The summed E-state index contributed by atoms with van der Waals surface area (Å²) in [6.45, 7) is 0.670. The summed E-state index contributed by atoms with van der Waals surface area (Å²) in [4.78, 5) is 35.2. The van der Waals surface area contributed by atoms with Crippen molar-refractivity contribution in [2.45, 2.75) is 13.0 Å². The number of halogens is 1. The largest absolute Gasteiger partial charge is 0.350 e. The Kier molecular flexibility index (Phi) is 5.67. The van der Waals surface area contributed by atoms with Gasteiger partial charge >= 0.3 is 0 Å². The van der Waals surface area contributed by atoms with Crippen molar-refractivity contribution in [2.75, 3.05) is 11.4 Å². The molecule has 1 saturated heterocycles. The molecule has 2 amide bonds. The summed E-state index contributed by atoms with van der Waals surface area (Å²) in [6, 6.07) is 19.2. The maximum Gasteiger partial charge on any atom is 0.227 e. The van der Waals surface area contributed by atoms with E-state index in [1.54, 1.807) is 4.90 Å². The zero-order chi connectivity index (χ0) is 20.2. The van der Waals surface area contributed by atoms with Gasteiger partial charge in [0, 0.05) is 28.7 Å². The lowest BCUT2D eigenvalue weighted by Crippen LogP contribution is -2.32. The highest BCUT2D eigenvalue weighted by Gasteiger charge is 2.35. The van der Waals surface area contributed by atoms with Crippen molar-refractivity contribution in [3.63, 3.8) is 0 Å². The van der Waals surface area contributed by atoms with E-state index >= 15 is 0 Å². The van der Waals surface area contributed by atoms with Crippen LogP contribution >= 0.6 is 15.9 Å². The lowest BCUT2D eigenvalue weighted by molar-refractivity contribution is -0.126. The Hall–Kier alpha value is -3.06. The Morgan fingerprint density at radius 2 is 1.93 bits per heavy atom. The van der Waals surface area contributed by atoms with Crippen LogP contribution in [0.5, 0.6) is 0 Å². The van der Waals surface area contributed by atoms with Crippen molar-refractivity contribution in [3.8, 4) is 11.3 Å². The maximum absolute atomic E-state index is 12.6. The third kappa shape index (κ3) is 4.51. The number of nitrogens with one attached hydrogen (secondary N) is 1. The average Bonchev–Trinajstić information content (AvgIpc) is 3.15. The van der Waals surface area contributed by atoms with Gasteiger partial charge in [-0.2, -0.15) is 0 Å². The Balaban J connectivity index is 1.39. The van der Waals surface area contributed by atoms with Crippen molar-refractivity contribution < 1.29 is 9.59 Å². The average molecular weight is 451 g/mol. The molecule has 0 aliphatic carbocycles. The van der Waals surface area contributed by atoms with Gasteiger partial charge in [-0.15, -0.1) is 0 Å². The molecule has 1 fully saturated rings. The summed E-state index contributed by atoms with van der Waals surface area (Å²) < 4.78 is 0.897. The standard InChI is InChI=1S/C22H19BrN4O2/c23-17-7-4-8-19(10-17)27-13-16(9-21(27)28)22(29)24-12-18-11-20(26-14-25-18)15-5-2-1-3-6-15/h1-8,10-11,14,16H,9,12-13H2,(H,24,29). The molecular formula is C22H19BrN4O2. The van der Waals surface area contributed by atoms with E-state index in [1.165, 1.54) is 6.33 Å². The fourth-order valence-corrected chi connectivity index (χ4v) is 3.75. The predicted molar refractivity (Wildman–Crippen MR) is 114 cm³/mol. The molecule has 1 atom stereocenters. The zero-order valence-corrected chi connectivity index (χ0v) is 17.2. The van der Waals surface area contributed by atoms with Crippen LogP contribution in [-0.4, -0.2) is 28.3 Å². The molecule has 7 heteroatoms. The second kappa shape index (κ2) is 8.53. The number of carbonyl (C=O) groups is 2. The molecule has 1 aromatic heterocycles. The van der Waals surface area contributed by atoms with Gasteiger partial charge in [0.25, 0.3) is 0 Å². The third-order valence-corrected chi connectivity index (χ3v) is 5.35. The fraction of sp³-hybridized carbons (Fsp3) is 0.182. The molecule has 2 heterocycles. The van der Waals surface area contributed by atoms with E-state index in [0.29, 0.717) is 13.1 Å². The van der Waals surface area contributed by atoms with E-state index < -0.39 is 0 Å². The molecule has 2 aromatic carbocycles. The molecule has 146 valence electrons. The van der Waals surface area contributed by atoms with Gasteiger partial charge in [-0.25, -0.2) is 9.97 Å². The lowest BCUT2D eigenvalue weighted by Gasteiger charge is -2.17. The molecule has 1 N–H and O–H groups in total. The van der Waals surface area contributed by atoms with Crippen molar-refractivity contribution >= 4 is 33.4 Å². The number of hydrogen-bond donors (Lipinski definition) is 1. The van der Waals surface area contributed by atoms with Crippen LogP contribution in [0, 0.1) is 5.92 Å². The molecule has 6 nitrogen and oxygen atoms in total. The molecular weight excluding hydrogens is 432 g/mol. The Morgan fingerprint density at radius 1 is 1.10 bits per heavy atom. The summed E-state index contributed by atoms with van der Waals surface area (Å²) in [7, 11) is 0. The Labute approximate surface area is 177 Å². The molecule has 29 heavy (non-hydrogen) atoms. The van der Waals surface area contributed by atoms with Crippen molar-refractivity contribution in [3.05, 3.63) is 77.2 Å². The lowest BCUT2D eigenvalue weighted by atomic mass is 10.1. The van der Waals surface area contributed by atoms with Gasteiger partial charge in [0.15, 0.2) is 0 Å². The van der Waals surface area contributed by atoms with E-state index in [1.807, 2.05) is 60.7 Å². The fourth-order valence-electron chi connectivity index (χ4n) is 3.36. The number of rotatable bonds is 5. The van der Waals surface area contributed by atoms with Gasteiger partial charge < -0.3 is 10.2 Å². The van der Waals surface area contributed by atoms with Gasteiger partial charge in [-0.3, -0.25) is 9.59 Å². The zero-order valence-electron chi connectivity index (χ0n) is 15.6. The summed E-state index contributed by atoms with van der Waals surface area (Å²) in [5.74, 6) is -0.565. The normalized spacial score (nSPS) is 16.1.